The average Bonchev–Trinajstić information content (AvgIpc) is 2.49. The van der Waals surface area contributed by atoms with Gasteiger partial charge in [0.15, 0.2) is 0 Å². The summed E-state index contributed by atoms with van der Waals surface area (Å²) in [5, 5.41) is 10.2. The highest BCUT2D eigenvalue weighted by Gasteiger charge is 2.50. The molecule has 0 saturated heterocycles. The lowest BCUT2D eigenvalue weighted by Crippen LogP contribution is -2.30. The third-order valence-electron chi connectivity index (χ3n) is 1.88. The minimum absolute atomic E-state index is 0.254. The second-order valence-corrected chi connectivity index (χ2v) is 7.40. The van der Waals surface area contributed by atoms with Crippen molar-refractivity contribution in [1.82, 2.24) is 15.4 Å². The molecule has 8 heteroatoms. The predicted molar refractivity (Wildman–Crippen MR) is 68.6 cm³/mol. The van der Waals surface area contributed by atoms with Crippen LogP contribution in [0, 0.1) is 5.92 Å². The number of hydrogen-bond acceptors (Lipinski definition) is 2. The molecule has 0 aliphatic heterocycles. The normalized spacial score (nSPS) is 13.5. The Balaban J connectivity index is 3.09. The van der Waals surface area contributed by atoms with Gasteiger partial charge in [0.1, 0.15) is 5.69 Å². The molecule has 0 radical (unpaired) electrons. The van der Waals surface area contributed by atoms with Gasteiger partial charge in [-0.3, -0.25) is 0 Å². The molecule has 1 N–H and O–H groups in total. The summed E-state index contributed by atoms with van der Waals surface area (Å²) in [5.74, 6) is 0.364. The van der Waals surface area contributed by atoms with Gasteiger partial charge in [0.05, 0.1) is 5.69 Å². The Bertz CT molecular complexity index is 355. The molecule has 3 nitrogen and oxygen atoms in total. The molecule has 0 saturated carbocycles. The molecule has 1 rings (SSSR count). The highest BCUT2D eigenvalue weighted by molar-refractivity contribution is 6.75. The van der Waals surface area contributed by atoms with E-state index in [1.54, 1.807) is 0 Å². The van der Waals surface area contributed by atoms with Gasteiger partial charge >= 0.3 is 0 Å². The number of nitrogens with zero attached hydrogens (tertiary/aromatic N) is 2. The first-order valence-electron chi connectivity index (χ1n) is 4.51. The number of rotatable bonds is 3. The van der Waals surface area contributed by atoms with Gasteiger partial charge in [-0.05, 0) is 12.3 Å². The lowest BCUT2D eigenvalue weighted by molar-refractivity contribution is 0.626. The van der Waals surface area contributed by atoms with Crippen molar-refractivity contribution in [3.63, 3.8) is 0 Å². The topological polar surface area (TPSA) is 41.6 Å². The van der Waals surface area contributed by atoms with Crippen molar-refractivity contribution in [2.24, 2.45) is 5.92 Å². The van der Waals surface area contributed by atoms with Crippen molar-refractivity contribution in [3.05, 3.63) is 11.4 Å². The molecule has 92 valence electrons. The van der Waals surface area contributed by atoms with Crippen LogP contribution >= 0.6 is 58.0 Å². The number of hydrogen-bond donors (Lipinski definition) is 1. The van der Waals surface area contributed by atoms with E-state index < -0.39 is 8.13 Å². The van der Waals surface area contributed by atoms with Crippen molar-refractivity contribution in [1.29, 1.82) is 0 Å². The number of aromatic nitrogens is 3. The van der Waals surface area contributed by atoms with E-state index in [0.717, 1.165) is 0 Å². The molecule has 16 heavy (non-hydrogen) atoms. The van der Waals surface area contributed by atoms with Crippen LogP contribution in [0.5, 0.6) is 0 Å². The summed E-state index contributed by atoms with van der Waals surface area (Å²) < 4.78 is -3.60. The molecule has 0 aromatic carbocycles. The monoisotopic (exact) mass is 323 g/mol. The predicted octanol–water partition coefficient (Wildman–Crippen LogP) is 4.00. The summed E-state index contributed by atoms with van der Waals surface area (Å²) in [6.45, 7) is 4.05. The summed E-state index contributed by atoms with van der Waals surface area (Å²) in [7, 11) is 0. The zero-order valence-electron chi connectivity index (χ0n) is 8.57. The zero-order chi connectivity index (χ0) is 12.6. The first-order valence-corrected chi connectivity index (χ1v) is 6.40. The van der Waals surface area contributed by atoms with Crippen molar-refractivity contribution < 1.29 is 0 Å². The van der Waals surface area contributed by atoms with Crippen LogP contribution in [0.3, 0.4) is 0 Å². The van der Waals surface area contributed by atoms with Crippen LogP contribution in [0.1, 0.15) is 25.2 Å². The summed E-state index contributed by atoms with van der Waals surface area (Å²) in [5.41, 5.74) is 0.857. The van der Waals surface area contributed by atoms with E-state index in [-0.39, 0.29) is 5.69 Å². The van der Waals surface area contributed by atoms with Gasteiger partial charge in [0.2, 0.25) is 8.13 Å². The van der Waals surface area contributed by atoms with Gasteiger partial charge in [-0.15, -0.1) is 0 Å². The SMILES string of the molecule is CC(C)Cc1n[nH]nc1C(Cl)(Cl)C(Cl)(Cl)Cl. The fourth-order valence-electron chi connectivity index (χ4n) is 1.17. The van der Waals surface area contributed by atoms with E-state index in [1.807, 2.05) is 13.8 Å². The Morgan fingerprint density at radius 2 is 1.69 bits per heavy atom. The summed E-state index contributed by atoms with van der Waals surface area (Å²) >= 11 is 29.2. The van der Waals surface area contributed by atoms with Crippen LogP contribution < -0.4 is 0 Å². The lowest BCUT2D eigenvalue weighted by Gasteiger charge is -2.26. The molecule has 0 unspecified atom stereocenters. The highest BCUT2D eigenvalue weighted by Crippen LogP contribution is 2.52. The van der Waals surface area contributed by atoms with Crippen LogP contribution in [0.25, 0.3) is 0 Å². The number of halogens is 5. The van der Waals surface area contributed by atoms with E-state index in [4.69, 9.17) is 58.0 Å². The molecule has 0 aliphatic carbocycles. The zero-order valence-corrected chi connectivity index (χ0v) is 12.3. The van der Waals surface area contributed by atoms with Crippen molar-refractivity contribution in [2.75, 3.05) is 0 Å². The second kappa shape index (κ2) is 5.07. The fourth-order valence-corrected chi connectivity index (χ4v) is 1.74. The summed E-state index contributed by atoms with van der Waals surface area (Å²) in [6, 6.07) is 0. The first kappa shape index (κ1) is 14.7. The Morgan fingerprint density at radius 1 is 1.12 bits per heavy atom. The largest absolute Gasteiger partial charge is 0.228 e. The molecule has 1 heterocycles. The minimum Gasteiger partial charge on any atom is -0.197 e. The lowest BCUT2D eigenvalue weighted by atomic mass is 10.1. The number of nitrogens with one attached hydrogen (secondary N) is 1. The Kier molecular flexibility index (Phi) is 4.64. The van der Waals surface area contributed by atoms with Crippen molar-refractivity contribution >= 4 is 58.0 Å². The van der Waals surface area contributed by atoms with Crippen molar-refractivity contribution in [2.45, 2.75) is 28.4 Å². The van der Waals surface area contributed by atoms with E-state index >= 15 is 0 Å². The van der Waals surface area contributed by atoms with Gasteiger partial charge in [0.25, 0.3) is 0 Å². The molecular weight excluding hydrogens is 315 g/mol. The maximum atomic E-state index is 6.01. The van der Waals surface area contributed by atoms with Crippen LogP contribution in [0.2, 0.25) is 0 Å². The minimum atomic E-state index is -1.88. The van der Waals surface area contributed by atoms with E-state index in [1.165, 1.54) is 0 Å². The molecule has 0 fully saturated rings. The smallest absolute Gasteiger partial charge is 0.197 e. The fraction of sp³-hybridized carbons (Fsp3) is 0.750. The van der Waals surface area contributed by atoms with Crippen LogP contribution in [0.15, 0.2) is 0 Å². The molecule has 0 aliphatic rings. The van der Waals surface area contributed by atoms with Gasteiger partial charge in [-0.1, -0.05) is 71.9 Å². The molecule has 0 atom stereocenters. The molecule has 1 aromatic heterocycles. The number of H-pyrrole nitrogens is 1. The average molecular weight is 325 g/mol. The van der Waals surface area contributed by atoms with Gasteiger partial charge in [0, 0.05) is 0 Å². The molecular formula is C8H10Cl5N3. The van der Waals surface area contributed by atoms with Gasteiger partial charge in [-0.2, -0.15) is 15.4 Å². The molecule has 1 aromatic rings. The molecule has 0 spiro atoms. The van der Waals surface area contributed by atoms with Gasteiger partial charge in [-0.25, -0.2) is 0 Å². The third-order valence-corrected chi connectivity index (χ3v) is 4.23. The van der Waals surface area contributed by atoms with E-state index in [9.17, 15) is 0 Å². The Hall–Kier alpha value is 0.590. The van der Waals surface area contributed by atoms with Crippen LogP contribution in [0.4, 0.5) is 0 Å². The quantitative estimate of drug-likeness (QED) is 0.853. The van der Waals surface area contributed by atoms with Crippen LogP contribution in [-0.2, 0) is 10.8 Å². The third kappa shape index (κ3) is 3.08. The number of aromatic amines is 1. The van der Waals surface area contributed by atoms with Crippen LogP contribution in [-0.4, -0.2) is 19.2 Å². The summed E-state index contributed by atoms with van der Waals surface area (Å²) in [4.78, 5) is 0. The highest BCUT2D eigenvalue weighted by atomic mass is 35.6. The van der Waals surface area contributed by atoms with Gasteiger partial charge < -0.3 is 0 Å². The standard InChI is InChI=1S/C8H10Cl5N3/c1-4(2)3-5-6(15-16-14-5)7(9,10)8(11,12)13/h4H,3H2,1-2H3,(H,14,15,16). The Labute approximate surface area is 119 Å². The van der Waals surface area contributed by atoms with Crippen molar-refractivity contribution in [3.8, 4) is 0 Å². The van der Waals surface area contributed by atoms with E-state index in [2.05, 4.69) is 15.4 Å². The second-order valence-electron chi connectivity index (χ2n) is 3.79. The number of alkyl halides is 5. The molecule has 0 amide bonds. The summed E-state index contributed by atoms with van der Waals surface area (Å²) in [6.07, 6.45) is 0.647. The maximum absolute atomic E-state index is 6.01. The van der Waals surface area contributed by atoms with E-state index in [0.29, 0.717) is 18.0 Å². The Morgan fingerprint density at radius 3 is 2.12 bits per heavy atom. The first-order chi connectivity index (χ1) is 7.16. The maximum Gasteiger partial charge on any atom is 0.228 e. The molecule has 0 bridgehead atoms.